The molecule has 4 aromatic rings. The highest BCUT2D eigenvalue weighted by molar-refractivity contribution is 9.10. The molecule has 0 bridgehead atoms. The van der Waals surface area contributed by atoms with Gasteiger partial charge in [-0.05, 0) is 59.4 Å². The second-order valence-corrected chi connectivity index (χ2v) is 8.68. The summed E-state index contributed by atoms with van der Waals surface area (Å²) in [6, 6.07) is 22.9. The molecule has 2 N–H and O–H groups in total. The minimum Gasteiger partial charge on any atom is -0.496 e. The largest absolute Gasteiger partial charge is 0.496 e. The number of pyridine rings is 1. The Labute approximate surface area is 192 Å². The fraction of sp³-hybridized carbons (Fsp3) is 0.222. The van der Waals surface area contributed by atoms with Crippen LogP contribution in [0, 0.1) is 0 Å². The Kier molecular flexibility index (Phi) is 6.57. The van der Waals surface area contributed by atoms with Crippen LogP contribution in [0.15, 0.2) is 71.2 Å². The molecule has 0 aliphatic carbocycles. The minimum absolute atomic E-state index is 0.599. The molecule has 0 radical (unpaired) electrons. The van der Waals surface area contributed by atoms with Gasteiger partial charge in [0.25, 0.3) is 0 Å². The van der Waals surface area contributed by atoms with Crippen molar-refractivity contribution in [2.24, 2.45) is 0 Å². The number of aromatic nitrogens is 1. The maximum absolute atomic E-state index is 6.52. The normalized spacial score (nSPS) is 11.1. The standard InChI is InChI=1S/C27H27BrN2O/c1-3-4-12-22-25-19(16-20-17-21(28)14-15-24(20)31-2)11-8-13-23(25)30-27(29)26(22)18-9-6-5-7-10-18/h5-11,13-15,17H,3-4,12,16H2,1-2H3,(H2,29,30). The summed E-state index contributed by atoms with van der Waals surface area (Å²) in [5.74, 6) is 1.49. The molecule has 0 saturated carbocycles. The predicted octanol–water partition coefficient (Wildman–Crippen LogP) is 7.19. The van der Waals surface area contributed by atoms with E-state index in [-0.39, 0.29) is 0 Å². The third kappa shape index (κ3) is 4.45. The average Bonchev–Trinajstić information content (AvgIpc) is 2.78. The van der Waals surface area contributed by atoms with Crippen molar-refractivity contribution in [2.45, 2.75) is 32.6 Å². The molecule has 31 heavy (non-hydrogen) atoms. The highest BCUT2D eigenvalue weighted by atomic mass is 79.9. The number of hydrogen-bond acceptors (Lipinski definition) is 3. The summed E-state index contributed by atoms with van der Waals surface area (Å²) >= 11 is 3.60. The lowest BCUT2D eigenvalue weighted by molar-refractivity contribution is 0.410. The van der Waals surface area contributed by atoms with Crippen LogP contribution < -0.4 is 10.5 Å². The van der Waals surface area contributed by atoms with Gasteiger partial charge in [-0.25, -0.2) is 4.98 Å². The molecule has 3 aromatic carbocycles. The number of hydrogen-bond donors (Lipinski definition) is 1. The van der Waals surface area contributed by atoms with Crippen LogP contribution in [0.1, 0.15) is 36.5 Å². The molecule has 0 spiro atoms. The Morgan fingerprint density at radius 3 is 2.52 bits per heavy atom. The van der Waals surface area contributed by atoms with E-state index in [4.69, 9.17) is 15.5 Å². The zero-order valence-electron chi connectivity index (χ0n) is 18.0. The monoisotopic (exact) mass is 474 g/mol. The van der Waals surface area contributed by atoms with Crippen LogP contribution in [-0.2, 0) is 12.8 Å². The van der Waals surface area contributed by atoms with E-state index in [1.165, 1.54) is 16.5 Å². The molecule has 158 valence electrons. The van der Waals surface area contributed by atoms with Crippen molar-refractivity contribution in [3.8, 4) is 16.9 Å². The number of ether oxygens (including phenoxy) is 1. The number of unbranched alkanes of at least 4 members (excludes halogenated alkanes) is 1. The van der Waals surface area contributed by atoms with Gasteiger partial charge in [-0.15, -0.1) is 0 Å². The topological polar surface area (TPSA) is 48.1 Å². The molecule has 0 aliphatic rings. The second-order valence-electron chi connectivity index (χ2n) is 7.76. The van der Waals surface area contributed by atoms with Gasteiger partial charge in [0.05, 0.1) is 12.6 Å². The lowest BCUT2D eigenvalue weighted by atomic mass is 9.89. The zero-order chi connectivity index (χ0) is 21.8. The molecular formula is C27H27BrN2O. The lowest BCUT2D eigenvalue weighted by Gasteiger charge is -2.19. The zero-order valence-corrected chi connectivity index (χ0v) is 19.6. The molecule has 3 nitrogen and oxygen atoms in total. The van der Waals surface area contributed by atoms with Crippen LogP contribution in [0.25, 0.3) is 22.0 Å². The van der Waals surface area contributed by atoms with Crippen molar-refractivity contribution in [1.82, 2.24) is 4.98 Å². The van der Waals surface area contributed by atoms with Crippen LogP contribution >= 0.6 is 15.9 Å². The smallest absolute Gasteiger partial charge is 0.132 e. The van der Waals surface area contributed by atoms with Gasteiger partial charge >= 0.3 is 0 Å². The summed E-state index contributed by atoms with van der Waals surface area (Å²) in [6.45, 7) is 2.22. The Hall–Kier alpha value is -2.85. The molecule has 4 heteroatoms. The number of nitrogens with two attached hydrogens (primary N) is 1. The first kappa shape index (κ1) is 21.4. The molecule has 0 saturated heterocycles. The maximum Gasteiger partial charge on any atom is 0.132 e. The second kappa shape index (κ2) is 9.52. The summed E-state index contributed by atoms with van der Waals surface area (Å²) < 4.78 is 6.68. The Morgan fingerprint density at radius 2 is 1.77 bits per heavy atom. The summed E-state index contributed by atoms with van der Waals surface area (Å²) in [5.41, 5.74) is 13.3. The van der Waals surface area contributed by atoms with Gasteiger partial charge in [0, 0.05) is 21.8 Å². The Balaban J connectivity index is 1.96. The molecule has 0 amide bonds. The number of methoxy groups -OCH3 is 1. The third-order valence-electron chi connectivity index (χ3n) is 5.70. The summed E-state index contributed by atoms with van der Waals surface area (Å²) in [6.07, 6.45) is 3.96. The highest BCUT2D eigenvalue weighted by Crippen LogP contribution is 2.37. The quantitative estimate of drug-likeness (QED) is 0.308. The van der Waals surface area contributed by atoms with Gasteiger partial charge in [0.2, 0.25) is 0 Å². The number of fused-ring (bicyclic) bond motifs is 1. The Morgan fingerprint density at radius 1 is 0.968 bits per heavy atom. The van der Waals surface area contributed by atoms with Gasteiger partial charge in [-0.3, -0.25) is 0 Å². The van der Waals surface area contributed by atoms with E-state index in [1.807, 2.05) is 18.2 Å². The molecule has 0 fully saturated rings. The van der Waals surface area contributed by atoms with Crippen molar-refractivity contribution in [3.63, 3.8) is 0 Å². The van der Waals surface area contributed by atoms with Crippen molar-refractivity contribution in [1.29, 1.82) is 0 Å². The van der Waals surface area contributed by atoms with Crippen LogP contribution in [0.4, 0.5) is 5.82 Å². The molecule has 0 aliphatic heterocycles. The maximum atomic E-state index is 6.52. The number of halogens is 1. The van der Waals surface area contributed by atoms with Gasteiger partial charge < -0.3 is 10.5 Å². The fourth-order valence-electron chi connectivity index (χ4n) is 4.26. The van der Waals surface area contributed by atoms with Crippen molar-refractivity contribution < 1.29 is 4.74 Å². The molecule has 0 atom stereocenters. The molecule has 4 rings (SSSR count). The number of rotatable bonds is 7. The van der Waals surface area contributed by atoms with Crippen LogP contribution in [0.5, 0.6) is 5.75 Å². The first-order chi connectivity index (χ1) is 15.1. The summed E-state index contributed by atoms with van der Waals surface area (Å²) in [7, 11) is 1.72. The predicted molar refractivity (Wildman–Crippen MR) is 134 cm³/mol. The minimum atomic E-state index is 0.599. The van der Waals surface area contributed by atoms with E-state index in [1.54, 1.807) is 7.11 Å². The number of benzene rings is 3. The van der Waals surface area contributed by atoms with Crippen molar-refractivity contribution >= 4 is 32.7 Å². The number of aryl methyl sites for hydroxylation is 1. The SMILES string of the molecule is CCCCc1c(-c2ccccc2)c(N)nc2cccc(Cc3cc(Br)ccc3OC)c12. The summed E-state index contributed by atoms with van der Waals surface area (Å²) in [4.78, 5) is 4.82. The van der Waals surface area contributed by atoms with Gasteiger partial charge in [0.1, 0.15) is 11.6 Å². The van der Waals surface area contributed by atoms with E-state index in [0.717, 1.165) is 58.1 Å². The highest BCUT2D eigenvalue weighted by Gasteiger charge is 2.18. The fourth-order valence-corrected chi connectivity index (χ4v) is 4.67. The summed E-state index contributed by atoms with van der Waals surface area (Å²) in [5, 5.41) is 1.21. The van der Waals surface area contributed by atoms with Crippen molar-refractivity contribution in [2.75, 3.05) is 12.8 Å². The first-order valence-electron chi connectivity index (χ1n) is 10.7. The van der Waals surface area contributed by atoms with Gasteiger partial charge in [-0.1, -0.05) is 71.7 Å². The van der Waals surface area contributed by atoms with Crippen molar-refractivity contribution in [3.05, 3.63) is 87.9 Å². The molecule has 1 aromatic heterocycles. The third-order valence-corrected chi connectivity index (χ3v) is 6.19. The van der Waals surface area contributed by atoms with Crippen LogP contribution in [0.2, 0.25) is 0 Å². The van der Waals surface area contributed by atoms with Crippen LogP contribution in [-0.4, -0.2) is 12.1 Å². The van der Waals surface area contributed by atoms with E-state index >= 15 is 0 Å². The van der Waals surface area contributed by atoms with Gasteiger partial charge in [0.15, 0.2) is 0 Å². The molecule has 0 unspecified atom stereocenters. The molecule has 1 heterocycles. The first-order valence-corrected chi connectivity index (χ1v) is 11.5. The van der Waals surface area contributed by atoms with Gasteiger partial charge in [-0.2, -0.15) is 0 Å². The number of nitrogen functional groups attached to an aromatic ring is 1. The van der Waals surface area contributed by atoms with E-state index in [9.17, 15) is 0 Å². The molecular weight excluding hydrogens is 448 g/mol. The average molecular weight is 475 g/mol. The Bertz CT molecular complexity index is 1200. The lowest BCUT2D eigenvalue weighted by Crippen LogP contribution is -2.04. The van der Waals surface area contributed by atoms with E-state index < -0.39 is 0 Å². The van der Waals surface area contributed by atoms with E-state index in [0.29, 0.717) is 5.82 Å². The number of nitrogens with zero attached hydrogens (tertiary/aromatic N) is 1. The van der Waals surface area contributed by atoms with E-state index in [2.05, 4.69) is 71.4 Å². The van der Waals surface area contributed by atoms with Crippen LogP contribution in [0.3, 0.4) is 0 Å². The number of anilines is 1.